The Balaban J connectivity index is 2.44. The second-order valence-corrected chi connectivity index (χ2v) is 6.33. The SMILES string of the molecule is CCC(C)C1CN(CCCCOC)C(C)(C)CN1. The Labute approximate surface area is 113 Å². The normalized spacial score (nSPS) is 26.2. The second kappa shape index (κ2) is 7.46. The van der Waals surface area contributed by atoms with Crippen LogP contribution in [0.4, 0.5) is 0 Å². The molecular formula is C15H32N2O. The van der Waals surface area contributed by atoms with Crippen molar-refractivity contribution < 1.29 is 4.74 Å². The smallest absolute Gasteiger partial charge is 0.0462 e. The highest BCUT2D eigenvalue weighted by atomic mass is 16.5. The summed E-state index contributed by atoms with van der Waals surface area (Å²) in [5.74, 6) is 0.766. The molecule has 3 nitrogen and oxygen atoms in total. The van der Waals surface area contributed by atoms with Crippen LogP contribution in [0.3, 0.4) is 0 Å². The molecule has 1 heterocycles. The van der Waals surface area contributed by atoms with E-state index in [0.29, 0.717) is 6.04 Å². The lowest BCUT2D eigenvalue weighted by Gasteiger charge is -2.47. The molecule has 1 aliphatic heterocycles. The van der Waals surface area contributed by atoms with Crippen LogP contribution in [-0.4, -0.2) is 49.8 Å². The zero-order valence-electron chi connectivity index (χ0n) is 13.0. The predicted molar refractivity (Wildman–Crippen MR) is 78.0 cm³/mol. The van der Waals surface area contributed by atoms with Crippen molar-refractivity contribution in [1.82, 2.24) is 10.2 Å². The summed E-state index contributed by atoms with van der Waals surface area (Å²) < 4.78 is 5.13. The van der Waals surface area contributed by atoms with Gasteiger partial charge in [0, 0.05) is 38.4 Å². The van der Waals surface area contributed by atoms with Gasteiger partial charge in [-0.25, -0.2) is 0 Å². The number of piperazine rings is 1. The fraction of sp³-hybridized carbons (Fsp3) is 1.00. The van der Waals surface area contributed by atoms with Crippen LogP contribution < -0.4 is 5.32 Å². The molecule has 0 saturated carbocycles. The van der Waals surface area contributed by atoms with E-state index in [1.807, 2.05) is 0 Å². The maximum absolute atomic E-state index is 5.13. The van der Waals surface area contributed by atoms with Gasteiger partial charge in [-0.1, -0.05) is 20.3 Å². The third-order valence-corrected chi connectivity index (χ3v) is 4.43. The van der Waals surface area contributed by atoms with E-state index in [4.69, 9.17) is 4.74 Å². The van der Waals surface area contributed by atoms with Crippen molar-refractivity contribution in [2.45, 2.75) is 58.5 Å². The quantitative estimate of drug-likeness (QED) is 0.708. The molecule has 1 fully saturated rings. The molecule has 1 saturated heterocycles. The first-order valence-corrected chi connectivity index (χ1v) is 7.48. The van der Waals surface area contributed by atoms with E-state index in [-0.39, 0.29) is 5.54 Å². The van der Waals surface area contributed by atoms with Gasteiger partial charge in [-0.15, -0.1) is 0 Å². The van der Waals surface area contributed by atoms with Gasteiger partial charge in [-0.2, -0.15) is 0 Å². The summed E-state index contributed by atoms with van der Waals surface area (Å²) in [6, 6.07) is 0.658. The minimum Gasteiger partial charge on any atom is -0.385 e. The Hall–Kier alpha value is -0.120. The van der Waals surface area contributed by atoms with Gasteiger partial charge in [0.05, 0.1) is 0 Å². The first kappa shape index (κ1) is 15.9. The average Bonchev–Trinajstić information content (AvgIpc) is 2.35. The Kier molecular flexibility index (Phi) is 6.61. The van der Waals surface area contributed by atoms with Gasteiger partial charge in [0.2, 0.25) is 0 Å². The lowest BCUT2D eigenvalue weighted by molar-refractivity contribution is 0.0485. The van der Waals surface area contributed by atoms with Crippen molar-refractivity contribution >= 4 is 0 Å². The van der Waals surface area contributed by atoms with E-state index in [9.17, 15) is 0 Å². The van der Waals surface area contributed by atoms with Crippen LogP contribution in [0.15, 0.2) is 0 Å². The number of nitrogens with zero attached hydrogens (tertiary/aromatic N) is 1. The zero-order valence-corrected chi connectivity index (χ0v) is 13.0. The number of rotatable bonds is 7. The van der Waals surface area contributed by atoms with E-state index in [1.165, 1.54) is 32.4 Å². The fourth-order valence-corrected chi connectivity index (χ4v) is 2.65. The van der Waals surface area contributed by atoms with Gasteiger partial charge in [0.25, 0.3) is 0 Å². The standard InChI is InChI=1S/C15H32N2O/c1-6-13(2)14-11-17(9-7-8-10-18-5)15(3,4)12-16-14/h13-14,16H,6-12H2,1-5H3. The maximum atomic E-state index is 5.13. The Morgan fingerprint density at radius 2 is 2.11 bits per heavy atom. The van der Waals surface area contributed by atoms with Crippen LogP contribution in [0.1, 0.15) is 47.0 Å². The molecule has 1 N–H and O–H groups in total. The Morgan fingerprint density at radius 1 is 1.39 bits per heavy atom. The highest BCUT2D eigenvalue weighted by Gasteiger charge is 2.34. The van der Waals surface area contributed by atoms with Crippen LogP contribution in [0, 0.1) is 5.92 Å². The number of hydrogen-bond donors (Lipinski definition) is 1. The van der Waals surface area contributed by atoms with Crippen molar-refractivity contribution in [3.8, 4) is 0 Å². The van der Waals surface area contributed by atoms with Gasteiger partial charge >= 0.3 is 0 Å². The molecule has 108 valence electrons. The van der Waals surface area contributed by atoms with Crippen molar-refractivity contribution in [3.63, 3.8) is 0 Å². The molecule has 0 aromatic carbocycles. The first-order chi connectivity index (χ1) is 8.51. The average molecular weight is 256 g/mol. The molecule has 0 radical (unpaired) electrons. The maximum Gasteiger partial charge on any atom is 0.0462 e. The third kappa shape index (κ3) is 4.52. The molecule has 3 heteroatoms. The van der Waals surface area contributed by atoms with Gasteiger partial charge in [-0.3, -0.25) is 4.90 Å². The van der Waals surface area contributed by atoms with Crippen molar-refractivity contribution in [2.24, 2.45) is 5.92 Å². The van der Waals surface area contributed by atoms with E-state index >= 15 is 0 Å². The molecule has 2 atom stereocenters. The summed E-state index contributed by atoms with van der Waals surface area (Å²) in [6.07, 6.45) is 3.67. The summed E-state index contributed by atoms with van der Waals surface area (Å²) >= 11 is 0. The summed E-state index contributed by atoms with van der Waals surface area (Å²) in [5, 5.41) is 3.73. The Bertz CT molecular complexity index is 231. The highest BCUT2D eigenvalue weighted by molar-refractivity contribution is 4.94. The van der Waals surface area contributed by atoms with Crippen molar-refractivity contribution in [3.05, 3.63) is 0 Å². The van der Waals surface area contributed by atoms with Crippen molar-refractivity contribution in [1.29, 1.82) is 0 Å². The predicted octanol–water partition coefficient (Wildman–Crippen LogP) is 2.51. The fourth-order valence-electron chi connectivity index (χ4n) is 2.65. The molecule has 0 bridgehead atoms. The molecule has 18 heavy (non-hydrogen) atoms. The van der Waals surface area contributed by atoms with Crippen LogP contribution in [0.2, 0.25) is 0 Å². The van der Waals surface area contributed by atoms with Gasteiger partial charge in [0.1, 0.15) is 0 Å². The zero-order chi connectivity index (χ0) is 13.6. The van der Waals surface area contributed by atoms with E-state index in [0.717, 1.165) is 19.1 Å². The molecule has 0 aromatic rings. The minimum absolute atomic E-state index is 0.289. The number of hydrogen-bond acceptors (Lipinski definition) is 3. The number of methoxy groups -OCH3 is 1. The van der Waals surface area contributed by atoms with Gasteiger partial charge < -0.3 is 10.1 Å². The Morgan fingerprint density at radius 3 is 2.72 bits per heavy atom. The van der Waals surface area contributed by atoms with Crippen LogP contribution >= 0.6 is 0 Å². The number of ether oxygens (including phenoxy) is 1. The summed E-state index contributed by atoms with van der Waals surface area (Å²) in [7, 11) is 1.79. The monoisotopic (exact) mass is 256 g/mol. The molecule has 0 aromatic heterocycles. The topological polar surface area (TPSA) is 24.5 Å². The van der Waals surface area contributed by atoms with Gasteiger partial charge in [-0.05, 0) is 39.2 Å². The van der Waals surface area contributed by atoms with Crippen LogP contribution in [-0.2, 0) is 4.74 Å². The minimum atomic E-state index is 0.289. The lowest BCUT2D eigenvalue weighted by atomic mass is 9.90. The summed E-state index contributed by atoms with van der Waals surface area (Å²) in [4.78, 5) is 2.66. The third-order valence-electron chi connectivity index (χ3n) is 4.43. The molecular weight excluding hydrogens is 224 g/mol. The number of unbranched alkanes of at least 4 members (excludes halogenated alkanes) is 1. The summed E-state index contributed by atoms with van der Waals surface area (Å²) in [6.45, 7) is 13.7. The van der Waals surface area contributed by atoms with Gasteiger partial charge in [0.15, 0.2) is 0 Å². The van der Waals surface area contributed by atoms with E-state index in [1.54, 1.807) is 7.11 Å². The molecule has 1 rings (SSSR count). The number of nitrogens with one attached hydrogen (secondary N) is 1. The molecule has 2 unspecified atom stereocenters. The van der Waals surface area contributed by atoms with Crippen LogP contribution in [0.5, 0.6) is 0 Å². The summed E-state index contributed by atoms with van der Waals surface area (Å²) in [5.41, 5.74) is 0.289. The second-order valence-electron chi connectivity index (χ2n) is 6.33. The molecule has 1 aliphatic rings. The van der Waals surface area contributed by atoms with E-state index in [2.05, 4.69) is 37.9 Å². The lowest BCUT2D eigenvalue weighted by Crippen LogP contribution is -2.63. The first-order valence-electron chi connectivity index (χ1n) is 7.48. The molecule has 0 spiro atoms. The molecule has 0 amide bonds. The highest BCUT2D eigenvalue weighted by Crippen LogP contribution is 2.22. The van der Waals surface area contributed by atoms with E-state index < -0.39 is 0 Å². The van der Waals surface area contributed by atoms with Crippen LogP contribution in [0.25, 0.3) is 0 Å². The largest absolute Gasteiger partial charge is 0.385 e. The van der Waals surface area contributed by atoms with Crippen molar-refractivity contribution in [2.75, 3.05) is 33.4 Å². The molecule has 0 aliphatic carbocycles.